The Bertz CT molecular complexity index is 32.7. The van der Waals surface area contributed by atoms with Crippen LogP contribution < -0.4 is 0 Å². The summed E-state index contributed by atoms with van der Waals surface area (Å²) in [6, 6.07) is 0. The van der Waals surface area contributed by atoms with Gasteiger partial charge in [-0.15, -0.1) is 11.1 Å². The minimum Gasteiger partial charge on any atom is -0.449 e. The third-order valence-electron chi connectivity index (χ3n) is 0.324. The molecule has 0 saturated heterocycles. The van der Waals surface area contributed by atoms with Gasteiger partial charge in [-0.05, 0) is 13.1 Å². The molecule has 0 rings (SSSR count). The van der Waals surface area contributed by atoms with E-state index in [-0.39, 0.29) is 9.07 Å². The second-order valence-electron chi connectivity index (χ2n) is 1.27. The molecule has 0 heterocycles. The van der Waals surface area contributed by atoms with E-state index >= 15 is 0 Å². The molecule has 6 heavy (non-hydrogen) atoms. The van der Waals surface area contributed by atoms with Crippen LogP contribution in [0.1, 0.15) is 0 Å². The lowest BCUT2D eigenvalue weighted by Gasteiger charge is -1.96. The molecule has 0 aromatic rings. The molecule has 37 valence electrons. The summed E-state index contributed by atoms with van der Waals surface area (Å²) in [7, 11) is -0.979. The van der Waals surface area contributed by atoms with E-state index in [9.17, 15) is 0 Å². The summed E-state index contributed by atoms with van der Waals surface area (Å²) in [4.78, 5) is 0. The van der Waals surface area contributed by atoms with Crippen molar-refractivity contribution in [3.8, 4) is 0 Å². The molecular weight excluding hydrogens is 132 g/mol. The average molecular weight is 140 g/mol. The van der Waals surface area contributed by atoms with Gasteiger partial charge in [-0.25, -0.2) is 0 Å². The maximum Gasteiger partial charge on any atom is 0.293 e. The molecular formula is C2H8ClOSi2. The fourth-order valence-electron chi connectivity index (χ4n) is 0.103. The first-order valence-corrected chi connectivity index (χ1v) is 6.84. The predicted octanol–water partition coefficient (Wildman–Crippen LogP) is 0.492. The van der Waals surface area contributed by atoms with Gasteiger partial charge >= 0.3 is 0 Å². The zero-order valence-electron chi connectivity index (χ0n) is 3.94. The third-order valence-corrected chi connectivity index (χ3v) is 3.84. The Kier molecular flexibility index (Phi) is 4.30. The van der Waals surface area contributed by atoms with E-state index in [4.69, 9.17) is 15.2 Å². The second-order valence-corrected chi connectivity index (χ2v) is 5.17. The Hall–Kier alpha value is 0.684. The number of halogens is 1. The van der Waals surface area contributed by atoms with Crippen LogP contribution in [0.25, 0.3) is 0 Å². The van der Waals surface area contributed by atoms with Crippen LogP contribution in [0.3, 0.4) is 0 Å². The van der Waals surface area contributed by atoms with Crippen LogP contribution in [0, 0.1) is 0 Å². The van der Waals surface area contributed by atoms with Crippen molar-refractivity contribution in [2.24, 2.45) is 0 Å². The molecule has 0 aromatic carbocycles. The van der Waals surface area contributed by atoms with Crippen molar-refractivity contribution in [2.45, 2.75) is 13.1 Å². The van der Waals surface area contributed by atoms with Gasteiger partial charge in [0.25, 0.3) is 9.07 Å². The first-order chi connectivity index (χ1) is 2.77. The van der Waals surface area contributed by atoms with Crippen LogP contribution in [0.4, 0.5) is 0 Å². The highest BCUT2D eigenvalue weighted by Crippen LogP contribution is 1.80. The predicted molar refractivity (Wildman–Crippen MR) is 33.0 cm³/mol. The lowest BCUT2D eigenvalue weighted by molar-refractivity contribution is 0.641. The van der Waals surface area contributed by atoms with Crippen LogP contribution in [0.2, 0.25) is 13.1 Å². The standard InChI is InChI=1S/C2H8ClOSi2/c1-6(2)4-5-3/h5-6H,1-2H3. The van der Waals surface area contributed by atoms with Crippen molar-refractivity contribution in [2.75, 3.05) is 0 Å². The van der Waals surface area contributed by atoms with Crippen molar-refractivity contribution in [3.63, 3.8) is 0 Å². The van der Waals surface area contributed by atoms with Crippen molar-refractivity contribution >= 4 is 29.2 Å². The number of hydrogen-bond acceptors (Lipinski definition) is 1. The number of hydrogen-bond donors (Lipinski definition) is 0. The van der Waals surface area contributed by atoms with Crippen molar-refractivity contribution < 1.29 is 4.12 Å². The molecule has 0 spiro atoms. The normalized spacial score (nSPS) is 10.0. The topological polar surface area (TPSA) is 9.23 Å². The van der Waals surface area contributed by atoms with Crippen LogP contribution >= 0.6 is 11.1 Å². The van der Waals surface area contributed by atoms with Crippen molar-refractivity contribution in [1.82, 2.24) is 0 Å². The molecule has 0 aromatic heterocycles. The Morgan fingerprint density at radius 3 is 2.17 bits per heavy atom. The van der Waals surface area contributed by atoms with Crippen molar-refractivity contribution in [1.29, 1.82) is 0 Å². The van der Waals surface area contributed by atoms with Gasteiger partial charge in [0.15, 0.2) is 9.04 Å². The van der Waals surface area contributed by atoms with Gasteiger partial charge in [-0.1, -0.05) is 0 Å². The lowest BCUT2D eigenvalue weighted by atomic mass is 11.9. The van der Waals surface area contributed by atoms with E-state index in [0.29, 0.717) is 0 Å². The smallest absolute Gasteiger partial charge is 0.293 e. The van der Waals surface area contributed by atoms with Crippen LogP contribution in [-0.4, -0.2) is 18.1 Å². The molecule has 4 heteroatoms. The first kappa shape index (κ1) is 6.68. The summed E-state index contributed by atoms with van der Waals surface area (Å²) < 4.78 is 5.03. The minimum absolute atomic E-state index is 0.214. The van der Waals surface area contributed by atoms with Gasteiger partial charge in [0.1, 0.15) is 0 Å². The first-order valence-electron chi connectivity index (χ1n) is 1.84. The third kappa shape index (κ3) is 4.68. The van der Waals surface area contributed by atoms with Crippen LogP contribution in [0.5, 0.6) is 0 Å². The summed E-state index contributed by atoms with van der Waals surface area (Å²) in [5.74, 6) is 0. The molecule has 1 nitrogen and oxygen atoms in total. The van der Waals surface area contributed by atoms with Crippen LogP contribution in [-0.2, 0) is 4.12 Å². The fraction of sp³-hybridized carbons (Fsp3) is 1.00. The van der Waals surface area contributed by atoms with Gasteiger partial charge in [0.05, 0.1) is 0 Å². The highest BCUT2D eigenvalue weighted by molar-refractivity contribution is 6.92. The van der Waals surface area contributed by atoms with Gasteiger partial charge in [-0.3, -0.25) is 0 Å². The largest absolute Gasteiger partial charge is 0.449 e. The summed E-state index contributed by atoms with van der Waals surface area (Å²) in [6.07, 6.45) is 0. The molecule has 0 amide bonds. The Balaban J connectivity index is 2.63. The van der Waals surface area contributed by atoms with Crippen LogP contribution in [0.15, 0.2) is 0 Å². The lowest BCUT2D eigenvalue weighted by Crippen LogP contribution is -2.06. The van der Waals surface area contributed by atoms with E-state index in [0.717, 1.165) is 0 Å². The molecule has 0 atom stereocenters. The maximum atomic E-state index is 5.29. The average Bonchev–Trinajstić information content (AvgIpc) is 1.35. The quantitative estimate of drug-likeness (QED) is 0.400. The van der Waals surface area contributed by atoms with E-state index in [1.807, 2.05) is 0 Å². The van der Waals surface area contributed by atoms with Gasteiger partial charge < -0.3 is 4.12 Å². The molecule has 0 saturated carbocycles. The highest BCUT2D eigenvalue weighted by atomic mass is 35.6. The summed E-state index contributed by atoms with van der Waals surface area (Å²) in [5.41, 5.74) is 0. The number of rotatable bonds is 2. The molecule has 0 aliphatic rings. The van der Waals surface area contributed by atoms with E-state index in [1.54, 1.807) is 0 Å². The Morgan fingerprint density at radius 2 is 2.17 bits per heavy atom. The van der Waals surface area contributed by atoms with Crippen molar-refractivity contribution in [3.05, 3.63) is 0 Å². The molecule has 0 aliphatic heterocycles. The Labute approximate surface area is 47.0 Å². The molecule has 1 radical (unpaired) electrons. The Morgan fingerprint density at radius 1 is 1.67 bits per heavy atom. The summed E-state index contributed by atoms with van der Waals surface area (Å²) >= 11 is 5.29. The highest BCUT2D eigenvalue weighted by Gasteiger charge is 1.89. The fourth-order valence-corrected chi connectivity index (χ4v) is 2.78. The van der Waals surface area contributed by atoms with E-state index < -0.39 is 9.04 Å². The zero-order chi connectivity index (χ0) is 4.99. The van der Waals surface area contributed by atoms with Gasteiger partial charge in [-0.2, -0.15) is 0 Å². The summed E-state index contributed by atoms with van der Waals surface area (Å²) in [5, 5.41) is 0. The SMILES string of the molecule is C[SiH](C)O[SiH]Cl. The van der Waals surface area contributed by atoms with Gasteiger partial charge in [0, 0.05) is 0 Å². The summed E-state index contributed by atoms with van der Waals surface area (Å²) in [6.45, 7) is 4.21. The second kappa shape index (κ2) is 3.86. The zero-order valence-corrected chi connectivity index (χ0v) is 7.01. The molecule has 0 aliphatic carbocycles. The minimum atomic E-state index is -0.765. The molecule has 0 bridgehead atoms. The monoisotopic (exact) mass is 139 g/mol. The maximum absolute atomic E-state index is 5.29. The van der Waals surface area contributed by atoms with E-state index in [2.05, 4.69) is 13.1 Å². The molecule has 0 N–H and O–H groups in total. The van der Waals surface area contributed by atoms with E-state index in [1.165, 1.54) is 0 Å². The molecule has 0 fully saturated rings. The van der Waals surface area contributed by atoms with Gasteiger partial charge in [0.2, 0.25) is 0 Å². The molecule has 0 unspecified atom stereocenters.